The first-order valence-corrected chi connectivity index (χ1v) is 10.8. The maximum absolute atomic E-state index is 12.7. The molecule has 0 radical (unpaired) electrons. The molecule has 9 N–H and O–H groups in total. The summed E-state index contributed by atoms with van der Waals surface area (Å²) in [6, 6.07) is -1.31. The molecule has 2 fully saturated rings. The van der Waals surface area contributed by atoms with Crippen molar-refractivity contribution in [2.75, 3.05) is 26.3 Å². The highest BCUT2D eigenvalue weighted by Gasteiger charge is 2.52. The number of hydrogen-bond donors (Lipinski definition) is 8. The maximum atomic E-state index is 12.7. The van der Waals surface area contributed by atoms with Gasteiger partial charge in [-0.2, -0.15) is 0 Å². The van der Waals surface area contributed by atoms with Crippen LogP contribution in [0.15, 0.2) is 0 Å². The molecule has 0 aromatic rings. The SMILES string of the molecule is CCOC1C(C(=O)NCCCN)OC(OC2C(O)C(CO)OC(O)C2NC(C)=O)C(O)C1O. The average molecular weight is 481 g/mol. The summed E-state index contributed by atoms with van der Waals surface area (Å²) < 4.78 is 21.8. The topological polar surface area (TPSA) is 222 Å². The van der Waals surface area contributed by atoms with E-state index in [-0.39, 0.29) is 13.2 Å². The van der Waals surface area contributed by atoms with Gasteiger partial charge in [0.05, 0.1) is 6.61 Å². The predicted molar refractivity (Wildman–Crippen MR) is 109 cm³/mol. The van der Waals surface area contributed by atoms with E-state index in [4.69, 9.17) is 24.7 Å². The van der Waals surface area contributed by atoms with Gasteiger partial charge in [-0.15, -0.1) is 0 Å². The van der Waals surface area contributed by atoms with Crippen molar-refractivity contribution in [1.82, 2.24) is 10.6 Å². The van der Waals surface area contributed by atoms with Crippen LogP contribution in [0.4, 0.5) is 0 Å². The fourth-order valence-electron chi connectivity index (χ4n) is 3.74. The van der Waals surface area contributed by atoms with Crippen molar-refractivity contribution in [2.45, 2.75) is 81.6 Å². The van der Waals surface area contributed by atoms with Gasteiger partial charge >= 0.3 is 0 Å². The first kappa shape index (κ1) is 27.8. The zero-order valence-electron chi connectivity index (χ0n) is 18.6. The molecule has 2 aliphatic rings. The normalized spacial score (nSPS) is 39.2. The lowest BCUT2D eigenvalue weighted by molar-refractivity contribution is -0.337. The molecule has 0 saturated carbocycles. The van der Waals surface area contributed by atoms with Gasteiger partial charge < -0.3 is 60.8 Å². The number of aliphatic hydroxyl groups excluding tert-OH is 5. The van der Waals surface area contributed by atoms with Crippen molar-refractivity contribution >= 4 is 11.8 Å². The summed E-state index contributed by atoms with van der Waals surface area (Å²) in [5, 5.41) is 56.4. The third-order valence-electron chi connectivity index (χ3n) is 5.38. The summed E-state index contributed by atoms with van der Waals surface area (Å²) in [6.07, 6.45) is -13.0. The van der Waals surface area contributed by atoms with Gasteiger partial charge in [0.2, 0.25) is 5.91 Å². The highest BCUT2D eigenvalue weighted by atomic mass is 16.7. The quantitative estimate of drug-likeness (QED) is 0.138. The van der Waals surface area contributed by atoms with E-state index in [1.165, 1.54) is 6.92 Å². The fraction of sp³-hybridized carbons (Fsp3) is 0.895. The number of nitrogens with one attached hydrogen (secondary N) is 2. The molecule has 0 bridgehead atoms. The van der Waals surface area contributed by atoms with E-state index in [0.29, 0.717) is 13.0 Å². The molecule has 14 nitrogen and oxygen atoms in total. The van der Waals surface area contributed by atoms with E-state index in [9.17, 15) is 35.1 Å². The first-order chi connectivity index (χ1) is 15.7. The van der Waals surface area contributed by atoms with Crippen molar-refractivity contribution in [3.05, 3.63) is 0 Å². The van der Waals surface area contributed by atoms with Crippen molar-refractivity contribution < 1.29 is 54.1 Å². The minimum atomic E-state index is -1.72. The Hall–Kier alpha value is -1.46. The molecule has 14 heteroatoms. The van der Waals surface area contributed by atoms with Gasteiger partial charge in [-0.1, -0.05) is 0 Å². The molecule has 10 atom stereocenters. The molecule has 33 heavy (non-hydrogen) atoms. The van der Waals surface area contributed by atoms with E-state index in [1.54, 1.807) is 6.92 Å². The Bertz CT molecular complexity index is 642. The summed E-state index contributed by atoms with van der Waals surface area (Å²) in [6.45, 7) is 2.82. The lowest BCUT2D eigenvalue weighted by Gasteiger charge is -2.47. The Balaban J connectivity index is 2.26. The number of nitrogens with two attached hydrogens (primary N) is 1. The largest absolute Gasteiger partial charge is 0.394 e. The average Bonchev–Trinajstić information content (AvgIpc) is 2.77. The number of carbonyl (C=O) groups is 2. The van der Waals surface area contributed by atoms with Gasteiger partial charge in [0.15, 0.2) is 18.7 Å². The number of carbonyl (C=O) groups excluding carboxylic acids is 2. The highest BCUT2D eigenvalue weighted by molar-refractivity contribution is 5.81. The number of amides is 2. The summed E-state index contributed by atoms with van der Waals surface area (Å²) in [7, 11) is 0. The van der Waals surface area contributed by atoms with E-state index >= 15 is 0 Å². The minimum absolute atomic E-state index is 0.115. The molecule has 2 aliphatic heterocycles. The predicted octanol–water partition coefficient (Wildman–Crippen LogP) is -4.74. The van der Waals surface area contributed by atoms with Gasteiger partial charge in [-0.25, -0.2) is 0 Å². The number of rotatable bonds is 10. The minimum Gasteiger partial charge on any atom is -0.394 e. The van der Waals surface area contributed by atoms with Crippen LogP contribution in [0.5, 0.6) is 0 Å². The monoisotopic (exact) mass is 481 g/mol. The molecule has 0 spiro atoms. The standard InChI is InChI=1S/C19H35N3O11/c1-3-30-15-12(26)13(27)19(33-16(15)17(28)21-6-4-5-20)32-14-10(22-8(2)24)18(29)31-9(7-23)11(14)25/h9-16,18-19,23,25-27,29H,3-7,20H2,1-2H3,(H,21,28)(H,22,24). The summed E-state index contributed by atoms with van der Waals surface area (Å²) in [4.78, 5) is 24.3. The van der Waals surface area contributed by atoms with Gasteiger partial charge in [0.25, 0.3) is 5.91 Å². The molecule has 2 rings (SSSR count). The van der Waals surface area contributed by atoms with E-state index < -0.39 is 79.8 Å². The van der Waals surface area contributed by atoms with Crippen LogP contribution >= 0.6 is 0 Å². The Kier molecular flexibility index (Phi) is 10.8. The third kappa shape index (κ3) is 6.79. The Morgan fingerprint density at radius 2 is 1.76 bits per heavy atom. The molecule has 0 aromatic heterocycles. The zero-order chi connectivity index (χ0) is 24.7. The summed E-state index contributed by atoms with van der Waals surface area (Å²) >= 11 is 0. The second-order valence-corrected chi connectivity index (χ2v) is 7.82. The van der Waals surface area contributed by atoms with Gasteiger partial charge in [-0.05, 0) is 19.9 Å². The van der Waals surface area contributed by atoms with Crippen molar-refractivity contribution in [1.29, 1.82) is 0 Å². The van der Waals surface area contributed by atoms with Crippen molar-refractivity contribution in [2.24, 2.45) is 5.73 Å². The molecule has 10 unspecified atom stereocenters. The van der Waals surface area contributed by atoms with Crippen LogP contribution in [-0.2, 0) is 28.5 Å². The molecule has 2 heterocycles. The Morgan fingerprint density at radius 3 is 2.33 bits per heavy atom. The third-order valence-corrected chi connectivity index (χ3v) is 5.38. The molecular weight excluding hydrogens is 446 g/mol. The lowest BCUT2D eigenvalue weighted by atomic mass is 9.95. The second-order valence-electron chi connectivity index (χ2n) is 7.82. The van der Waals surface area contributed by atoms with E-state index in [0.717, 1.165) is 0 Å². The first-order valence-electron chi connectivity index (χ1n) is 10.8. The van der Waals surface area contributed by atoms with Gasteiger partial charge in [-0.3, -0.25) is 9.59 Å². The Labute approximate surface area is 190 Å². The van der Waals surface area contributed by atoms with Crippen LogP contribution in [0.2, 0.25) is 0 Å². The zero-order valence-corrected chi connectivity index (χ0v) is 18.6. The van der Waals surface area contributed by atoms with Crippen LogP contribution in [0, 0.1) is 0 Å². The molecule has 2 amide bonds. The lowest BCUT2D eigenvalue weighted by Crippen LogP contribution is -2.68. The number of aliphatic hydroxyl groups is 5. The molecule has 192 valence electrons. The maximum Gasteiger partial charge on any atom is 0.252 e. The van der Waals surface area contributed by atoms with Crippen LogP contribution < -0.4 is 16.4 Å². The van der Waals surface area contributed by atoms with Crippen LogP contribution in [0.25, 0.3) is 0 Å². The number of hydrogen-bond acceptors (Lipinski definition) is 12. The highest BCUT2D eigenvalue weighted by Crippen LogP contribution is 2.30. The van der Waals surface area contributed by atoms with Crippen molar-refractivity contribution in [3.8, 4) is 0 Å². The fourth-order valence-corrected chi connectivity index (χ4v) is 3.74. The van der Waals surface area contributed by atoms with Crippen LogP contribution in [0.1, 0.15) is 20.3 Å². The summed E-state index contributed by atoms with van der Waals surface area (Å²) in [5.41, 5.74) is 5.43. The van der Waals surface area contributed by atoms with E-state index in [1.807, 2.05) is 0 Å². The summed E-state index contributed by atoms with van der Waals surface area (Å²) in [5.74, 6) is -1.22. The smallest absolute Gasteiger partial charge is 0.252 e. The molecule has 2 saturated heterocycles. The van der Waals surface area contributed by atoms with Crippen LogP contribution in [0.3, 0.4) is 0 Å². The molecular formula is C19H35N3O11. The van der Waals surface area contributed by atoms with Crippen LogP contribution in [-0.4, -0.2) is 125 Å². The Morgan fingerprint density at radius 1 is 1.06 bits per heavy atom. The van der Waals surface area contributed by atoms with Gasteiger partial charge in [0, 0.05) is 20.1 Å². The second kappa shape index (κ2) is 12.9. The van der Waals surface area contributed by atoms with Gasteiger partial charge in [0.1, 0.15) is 42.7 Å². The molecule has 0 aromatic carbocycles. The van der Waals surface area contributed by atoms with E-state index in [2.05, 4.69) is 10.6 Å². The molecule has 0 aliphatic carbocycles. The van der Waals surface area contributed by atoms with Crippen molar-refractivity contribution in [3.63, 3.8) is 0 Å². The number of ether oxygens (including phenoxy) is 4.